The molecule has 0 aromatic heterocycles. The van der Waals surface area contributed by atoms with Crippen molar-refractivity contribution in [1.82, 2.24) is 0 Å². The fourth-order valence-corrected chi connectivity index (χ4v) is 7.80. The molecule has 8 rings (SSSR count). The number of fused-ring (bicyclic) bond motifs is 2. The maximum atomic E-state index is 10.5. The van der Waals surface area contributed by atoms with Crippen LogP contribution in [0.2, 0.25) is 0 Å². The summed E-state index contributed by atoms with van der Waals surface area (Å²) in [5.74, 6) is -0.0449. The fourth-order valence-electron chi connectivity index (χ4n) is 7.80. The molecule has 4 nitrogen and oxygen atoms in total. The van der Waals surface area contributed by atoms with E-state index in [2.05, 4.69) is 187 Å². The van der Waals surface area contributed by atoms with Gasteiger partial charge in [-0.15, -0.1) is 0 Å². The van der Waals surface area contributed by atoms with E-state index in [1.807, 2.05) is 19.2 Å². The van der Waals surface area contributed by atoms with Crippen molar-refractivity contribution in [2.45, 2.75) is 5.92 Å². The molecule has 0 heterocycles. The predicted molar refractivity (Wildman–Crippen MR) is 230 cm³/mol. The summed E-state index contributed by atoms with van der Waals surface area (Å²) >= 11 is 0. The van der Waals surface area contributed by atoms with E-state index < -0.39 is 0 Å². The summed E-state index contributed by atoms with van der Waals surface area (Å²) in [4.78, 5) is 4.62. The number of nitrogens with zero attached hydrogens (tertiary/aromatic N) is 2. The number of benzene rings is 8. The second-order valence-electron chi connectivity index (χ2n) is 13.5. The van der Waals surface area contributed by atoms with Crippen molar-refractivity contribution < 1.29 is 5.21 Å². The first-order chi connectivity index (χ1) is 26.6. The van der Waals surface area contributed by atoms with Gasteiger partial charge in [-0.05, 0) is 96.5 Å². The van der Waals surface area contributed by atoms with E-state index in [9.17, 15) is 5.21 Å². The van der Waals surface area contributed by atoms with Crippen molar-refractivity contribution >= 4 is 45.3 Å². The lowest BCUT2D eigenvalue weighted by molar-refractivity contribution is 0.280. The first-order valence-electron chi connectivity index (χ1n) is 18.2. The van der Waals surface area contributed by atoms with Crippen LogP contribution in [0.5, 0.6) is 0 Å². The van der Waals surface area contributed by atoms with E-state index in [1.54, 1.807) is 7.05 Å². The van der Waals surface area contributed by atoms with Gasteiger partial charge >= 0.3 is 0 Å². The van der Waals surface area contributed by atoms with Gasteiger partial charge in [-0.1, -0.05) is 164 Å². The third kappa shape index (κ3) is 6.44. The maximum absolute atomic E-state index is 10.5. The Bertz CT molecular complexity index is 2570. The molecule has 8 aromatic rings. The third-order valence-corrected chi connectivity index (χ3v) is 10.3. The Morgan fingerprint density at radius 1 is 0.611 bits per heavy atom. The Hall–Kier alpha value is -6.75. The van der Waals surface area contributed by atoms with Crippen LogP contribution in [0.1, 0.15) is 22.6 Å². The molecule has 262 valence electrons. The summed E-state index contributed by atoms with van der Waals surface area (Å²) in [6.07, 6.45) is 2.25. The van der Waals surface area contributed by atoms with Gasteiger partial charge in [-0.25, -0.2) is 0 Å². The summed E-state index contributed by atoms with van der Waals surface area (Å²) in [6.45, 7) is 4.05. The van der Waals surface area contributed by atoms with Crippen molar-refractivity contribution in [2.24, 2.45) is 4.99 Å². The molecule has 0 bridgehead atoms. The highest BCUT2D eigenvalue weighted by Gasteiger charge is 2.20. The quantitative estimate of drug-likeness (QED) is 0.0849. The average Bonchev–Trinajstić information content (AvgIpc) is 3.24. The van der Waals surface area contributed by atoms with Crippen molar-refractivity contribution in [2.75, 3.05) is 24.5 Å². The van der Waals surface area contributed by atoms with Gasteiger partial charge in [-0.2, -0.15) is 0 Å². The monoisotopic (exact) mass is 699 g/mol. The molecule has 0 amide bonds. The molecule has 0 saturated heterocycles. The van der Waals surface area contributed by atoms with Gasteiger partial charge in [-0.3, -0.25) is 15.3 Å². The molecule has 0 aliphatic heterocycles. The second-order valence-corrected chi connectivity index (χ2v) is 13.5. The SMILES string of the molecule is C=N/C(=C\C(c1ccccc1)c1ccccc1-c1ccccc1)c1ccc(-c2c3ccccc3c(-c3ccc(NC)c(N(C)O)c3)c3ccccc23)cc1. The number of hydrogen-bond donors (Lipinski definition) is 2. The number of allylic oxidation sites excluding steroid dienone is 1. The highest BCUT2D eigenvalue weighted by molar-refractivity contribution is 6.21. The molecule has 0 aliphatic rings. The van der Waals surface area contributed by atoms with Crippen molar-refractivity contribution in [3.8, 4) is 33.4 Å². The lowest BCUT2D eigenvalue weighted by atomic mass is 9.84. The molecule has 0 fully saturated rings. The molecule has 1 unspecified atom stereocenters. The van der Waals surface area contributed by atoms with Crippen LogP contribution in [0.3, 0.4) is 0 Å². The van der Waals surface area contributed by atoms with Gasteiger partial charge in [0, 0.05) is 20.0 Å². The molecule has 2 N–H and O–H groups in total. The predicted octanol–water partition coefficient (Wildman–Crippen LogP) is 12.7. The topological polar surface area (TPSA) is 47.9 Å². The van der Waals surface area contributed by atoms with Crippen molar-refractivity contribution in [3.63, 3.8) is 0 Å². The summed E-state index contributed by atoms with van der Waals surface area (Å²) in [6, 6.07) is 62.0. The minimum Gasteiger partial charge on any atom is -0.386 e. The number of anilines is 2. The van der Waals surface area contributed by atoms with Gasteiger partial charge in [0.25, 0.3) is 0 Å². The molecule has 1 atom stereocenters. The van der Waals surface area contributed by atoms with E-state index >= 15 is 0 Å². The fraction of sp³-hybridized carbons (Fsp3) is 0.0600. The number of rotatable bonds is 10. The molecule has 0 radical (unpaired) electrons. The molecule has 0 saturated carbocycles. The first kappa shape index (κ1) is 34.3. The molecular formula is C50H41N3O. The zero-order valence-electron chi connectivity index (χ0n) is 30.4. The summed E-state index contributed by atoms with van der Waals surface area (Å²) in [5.41, 5.74) is 12.6. The first-order valence-corrected chi connectivity index (χ1v) is 18.2. The smallest absolute Gasteiger partial charge is 0.0868 e. The third-order valence-electron chi connectivity index (χ3n) is 10.3. The van der Waals surface area contributed by atoms with E-state index in [1.165, 1.54) is 32.9 Å². The van der Waals surface area contributed by atoms with Gasteiger partial charge in [0.2, 0.25) is 0 Å². The lowest BCUT2D eigenvalue weighted by Gasteiger charge is -2.21. The molecule has 0 spiro atoms. The van der Waals surface area contributed by atoms with E-state index in [0.717, 1.165) is 55.2 Å². The lowest BCUT2D eigenvalue weighted by Crippen LogP contribution is -2.12. The minimum absolute atomic E-state index is 0.0449. The van der Waals surface area contributed by atoms with E-state index in [-0.39, 0.29) is 5.92 Å². The summed E-state index contributed by atoms with van der Waals surface area (Å²) < 4.78 is 0. The highest BCUT2D eigenvalue weighted by atomic mass is 16.5. The zero-order valence-corrected chi connectivity index (χ0v) is 30.4. The van der Waals surface area contributed by atoms with Gasteiger partial charge in [0.1, 0.15) is 0 Å². The largest absolute Gasteiger partial charge is 0.386 e. The summed E-state index contributed by atoms with van der Waals surface area (Å²) in [5, 5.41) is 19.5. The number of nitrogens with one attached hydrogen (secondary N) is 1. The van der Waals surface area contributed by atoms with Crippen LogP contribution in [-0.4, -0.2) is 26.0 Å². The Morgan fingerprint density at radius 2 is 1.13 bits per heavy atom. The summed E-state index contributed by atoms with van der Waals surface area (Å²) in [7, 11) is 3.51. The standard InChI is InChI=1S/C50H41N3O/c1-51-46-31-30-38(32-48(46)53(3)54)50-43-24-14-12-22-41(43)49(42-23-13-15-25-44(42)50)37-28-26-36(27-29-37)47(52-2)33-45(35-18-8-5-9-19-35)40-21-11-10-20-39(40)34-16-6-4-7-17-34/h4-33,45,51,54H,2H2,1,3H3/b47-33-. The normalized spacial score (nSPS) is 12.1. The Labute approximate surface area is 317 Å². The molecule has 4 heteroatoms. The van der Waals surface area contributed by atoms with Crippen LogP contribution in [-0.2, 0) is 0 Å². The Kier molecular flexibility index (Phi) is 9.59. The van der Waals surface area contributed by atoms with Gasteiger partial charge < -0.3 is 5.32 Å². The zero-order chi connectivity index (χ0) is 37.0. The Balaban J connectivity index is 1.25. The van der Waals surface area contributed by atoms with Crippen LogP contribution < -0.4 is 10.4 Å². The Morgan fingerprint density at radius 3 is 1.70 bits per heavy atom. The molecule has 8 aromatic carbocycles. The molecular weight excluding hydrogens is 659 g/mol. The van der Waals surface area contributed by atoms with Crippen molar-refractivity contribution in [3.05, 3.63) is 199 Å². The van der Waals surface area contributed by atoms with Gasteiger partial charge in [0.05, 0.1) is 17.1 Å². The highest BCUT2D eigenvalue weighted by Crippen LogP contribution is 2.45. The van der Waals surface area contributed by atoms with Crippen LogP contribution in [0.4, 0.5) is 11.4 Å². The molecule has 0 aliphatic carbocycles. The molecule has 54 heavy (non-hydrogen) atoms. The number of hydrogen-bond acceptors (Lipinski definition) is 4. The van der Waals surface area contributed by atoms with E-state index in [0.29, 0.717) is 5.69 Å². The second kappa shape index (κ2) is 15.1. The number of hydroxylamine groups is 1. The maximum Gasteiger partial charge on any atom is 0.0868 e. The van der Waals surface area contributed by atoms with Crippen molar-refractivity contribution in [1.29, 1.82) is 0 Å². The number of aliphatic imine (C=N–C) groups is 1. The van der Waals surface area contributed by atoms with Crippen LogP contribution >= 0.6 is 0 Å². The van der Waals surface area contributed by atoms with Gasteiger partial charge in [0.15, 0.2) is 0 Å². The average molecular weight is 700 g/mol. The van der Waals surface area contributed by atoms with E-state index in [4.69, 9.17) is 0 Å². The van der Waals surface area contributed by atoms with Crippen LogP contribution in [0, 0.1) is 0 Å². The van der Waals surface area contributed by atoms with Crippen LogP contribution in [0.25, 0.3) is 60.6 Å². The minimum atomic E-state index is -0.0449. The van der Waals surface area contributed by atoms with Crippen LogP contribution in [0.15, 0.2) is 187 Å².